The third-order valence-corrected chi connectivity index (χ3v) is 7.13. The molecule has 2 aliphatic heterocycles. The zero-order valence-corrected chi connectivity index (χ0v) is 18.9. The predicted molar refractivity (Wildman–Crippen MR) is 133 cm³/mol. The lowest BCUT2D eigenvalue weighted by Crippen LogP contribution is -2.52. The Labute approximate surface area is 186 Å². The highest BCUT2D eigenvalue weighted by molar-refractivity contribution is 5.86. The summed E-state index contributed by atoms with van der Waals surface area (Å²) in [5.41, 5.74) is 6.89. The zero-order valence-electron chi connectivity index (χ0n) is 18.9. The Morgan fingerprint density at radius 1 is 0.903 bits per heavy atom. The summed E-state index contributed by atoms with van der Waals surface area (Å²) in [6.07, 6.45) is 7.08. The summed E-state index contributed by atoms with van der Waals surface area (Å²) >= 11 is 0. The quantitative estimate of drug-likeness (QED) is 0.588. The number of hydrogen-bond acceptors (Lipinski definition) is 4. The molecule has 2 N–H and O–H groups in total. The van der Waals surface area contributed by atoms with E-state index in [-0.39, 0.29) is 0 Å². The second kappa shape index (κ2) is 8.83. The number of likely N-dealkylation sites (N-methyl/N-ethyl adjacent to an activating group) is 2. The SMILES string of the molecule is CN1CCN(C)c2c1cccc2N1CCNCC1CCCCc1c[nH]c2ccccc12. The third kappa shape index (κ3) is 3.99. The summed E-state index contributed by atoms with van der Waals surface area (Å²) in [4.78, 5) is 10.9. The van der Waals surface area contributed by atoms with Crippen molar-refractivity contribution < 1.29 is 0 Å². The Morgan fingerprint density at radius 3 is 2.68 bits per heavy atom. The first-order valence-electron chi connectivity index (χ1n) is 11.8. The lowest BCUT2D eigenvalue weighted by Gasteiger charge is -2.43. The van der Waals surface area contributed by atoms with Crippen molar-refractivity contribution in [3.63, 3.8) is 0 Å². The molecule has 0 radical (unpaired) electrons. The average molecular weight is 418 g/mol. The van der Waals surface area contributed by atoms with Crippen LogP contribution in [0.15, 0.2) is 48.7 Å². The van der Waals surface area contributed by atoms with Gasteiger partial charge in [-0.05, 0) is 43.0 Å². The van der Waals surface area contributed by atoms with Gasteiger partial charge in [0.05, 0.1) is 17.1 Å². The van der Waals surface area contributed by atoms with Gasteiger partial charge >= 0.3 is 0 Å². The van der Waals surface area contributed by atoms with E-state index in [1.54, 1.807) is 0 Å². The van der Waals surface area contributed by atoms with Crippen LogP contribution in [0.25, 0.3) is 10.9 Å². The Hall–Kier alpha value is -2.66. The van der Waals surface area contributed by atoms with E-state index in [4.69, 9.17) is 0 Å². The summed E-state index contributed by atoms with van der Waals surface area (Å²) < 4.78 is 0. The zero-order chi connectivity index (χ0) is 21.2. The van der Waals surface area contributed by atoms with E-state index in [1.165, 1.54) is 52.8 Å². The molecule has 5 heteroatoms. The highest BCUT2D eigenvalue weighted by Gasteiger charge is 2.28. The van der Waals surface area contributed by atoms with Crippen LogP contribution >= 0.6 is 0 Å². The molecule has 31 heavy (non-hydrogen) atoms. The van der Waals surface area contributed by atoms with Gasteiger partial charge in [0.1, 0.15) is 0 Å². The Balaban J connectivity index is 1.27. The number of para-hydroxylation sites is 2. The van der Waals surface area contributed by atoms with E-state index in [0.29, 0.717) is 6.04 Å². The van der Waals surface area contributed by atoms with Crippen LogP contribution in [0.2, 0.25) is 0 Å². The molecule has 3 aromatic rings. The Kier molecular flexibility index (Phi) is 5.77. The van der Waals surface area contributed by atoms with Crippen LogP contribution in [0.4, 0.5) is 17.1 Å². The summed E-state index contributed by atoms with van der Waals surface area (Å²) in [6, 6.07) is 16.0. The van der Waals surface area contributed by atoms with Crippen LogP contribution in [0.1, 0.15) is 24.8 Å². The number of aromatic nitrogens is 1. The van der Waals surface area contributed by atoms with E-state index in [9.17, 15) is 0 Å². The van der Waals surface area contributed by atoms with Crippen LogP contribution in [0.3, 0.4) is 0 Å². The van der Waals surface area contributed by atoms with Gasteiger partial charge in [-0.2, -0.15) is 0 Å². The molecule has 2 aromatic carbocycles. The maximum absolute atomic E-state index is 3.64. The molecular weight excluding hydrogens is 382 g/mol. The molecule has 2 aliphatic rings. The molecule has 5 nitrogen and oxygen atoms in total. The second-order valence-electron chi connectivity index (χ2n) is 9.14. The van der Waals surface area contributed by atoms with Crippen molar-refractivity contribution in [2.24, 2.45) is 0 Å². The fourth-order valence-corrected chi connectivity index (χ4v) is 5.35. The standard InChI is InChI=1S/C26H35N5/c1-29-16-17-30(2)26-24(29)12-7-13-25(26)31-15-14-27-19-21(31)9-4-3-8-20-18-28-23-11-6-5-10-22(20)23/h5-7,10-13,18,21,27-28H,3-4,8-9,14-17,19H2,1-2H3. The largest absolute Gasteiger partial charge is 0.371 e. The third-order valence-electron chi connectivity index (χ3n) is 7.13. The van der Waals surface area contributed by atoms with Gasteiger partial charge in [-0.25, -0.2) is 0 Å². The number of piperazine rings is 1. The number of aryl methyl sites for hydroxylation is 1. The van der Waals surface area contributed by atoms with Gasteiger partial charge in [0.25, 0.3) is 0 Å². The number of aromatic amines is 1. The van der Waals surface area contributed by atoms with E-state index in [1.807, 2.05) is 0 Å². The molecule has 0 aliphatic carbocycles. The maximum Gasteiger partial charge on any atom is 0.0839 e. The molecule has 3 heterocycles. The maximum atomic E-state index is 3.64. The number of hydrogen-bond donors (Lipinski definition) is 2. The van der Waals surface area contributed by atoms with Crippen LogP contribution in [-0.2, 0) is 6.42 Å². The van der Waals surface area contributed by atoms with Crippen LogP contribution in [0, 0.1) is 0 Å². The van der Waals surface area contributed by atoms with E-state index < -0.39 is 0 Å². The van der Waals surface area contributed by atoms with Crippen LogP contribution in [-0.4, -0.2) is 57.8 Å². The second-order valence-corrected chi connectivity index (χ2v) is 9.14. The highest BCUT2D eigenvalue weighted by Crippen LogP contribution is 2.41. The highest BCUT2D eigenvalue weighted by atomic mass is 15.3. The van der Waals surface area contributed by atoms with Crippen molar-refractivity contribution in [3.05, 3.63) is 54.2 Å². The average Bonchev–Trinajstić information content (AvgIpc) is 3.22. The van der Waals surface area contributed by atoms with E-state index in [0.717, 1.165) is 39.1 Å². The molecule has 1 saturated heterocycles. The molecule has 0 saturated carbocycles. The minimum absolute atomic E-state index is 0.559. The first-order valence-corrected chi connectivity index (χ1v) is 11.8. The number of anilines is 3. The van der Waals surface area contributed by atoms with Crippen molar-refractivity contribution >= 4 is 28.0 Å². The molecule has 0 spiro atoms. The van der Waals surface area contributed by atoms with Crippen molar-refractivity contribution in [2.45, 2.75) is 31.7 Å². The Bertz CT molecular complexity index is 1030. The van der Waals surface area contributed by atoms with Gasteiger partial charge in [0.2, 0.25) is 0 Å². The number of H-pyrrole nitrogens is 1. The summed E-state index contributed by atoms with van der Waals surface area (Å²) in [5.74, 6) is 0. The lowest BCUT2D eigenvalue weighted by atomic mass is 10.0. The van der Waals surface area contributed by atoms with Crippen LogP contribution < -0.4 is 20.0 Å². The first-order chi connectivity index (χ1) is 15.2. The number of nitrogens with one attached hydrogen (secondary N) is 2. The van der Waals surface area contributed by atoms with E-state index in [2.05, 4.69) is 87.8 Å². The summed E-state index contributed by atoms with van der Waals surface area (Å²) in [7, 11) is 4.46. The van der Waals surface area contributed by atoms with E-state index >= 15 is 0 Å². The molecule has 0 amide bonds. The van der Waals surface area contributed by atoms with Gasteiger partial charge in [0, 0.05) is 70.0 Å². The lowest BCUT2D eigenvalue weighted by molar-refractivity contribution is 0.440. The smallest absolute Gasteiger partial charge is 0.0839 e. The molecule has 5 rings (SSSR count). The van der Waals surface area contributed by atoms with Gasteiger partial charge in [-0.1, -0.05) is 30.7 Å². The minimum Gasteiger partial charge on any atom is -0.371 e. The molecule has 1 atom stereocenters. The first kappa shape index (κ1) is 20.3. The molecule has 1 unspecified atom stereocenters. The normalized spacial score (nSPS) is 19.2. The molecule has 1 fully saturated rings. The number of fused-ring (bicyclic) bond motifs is 2. The number of nitrogens with zero attached hydrogens (tertiary/aromatic N) is 3. The fourth-order valence-electron chi connectivity index (χ4n) is 5.35. The van der Waals surface area contributed by atoms with Crippen LogP contribution in [0.5, 0.6) is 0 Å². The van der Waals surface area contributed by atoms with Gasteiger partial charge < -0.3 is 25.0 Å². The number of unbranched alkanes of at least 4 members (excludes halogenated alkanes) is 1. The topological polar surface area (TPSA) is 37.5 Å². The molecule has 164 valence electrons. The van der Waals surface area contributed by atoms with Crippen molar-refractivity contribution in [3.8, 4) is 0 Å². The Morgan fingerprint density at radius 2 is 1.74 bits per heavy atom. The molecule has 0 bridgehead atoms. The van der Waals surface area contributed by atoms with Crippen molar-refractivity contribution in [2.75, 3.05) is 61.5 Å². The van der Waals surface area contributed by atoms with Gasteiger partial charge in [-0.3, -0.25) is 0 Å². The van der Waals surface area contributed by atoms with Gasteiger partial charge in [0.15, 0.2) is 0 Å². The monoisotopic (exact) mass is 417 g/mol. The van der Waals surface area contributed by atoms with Gasteiger partial charge in [-0.15, -0.1) is 0 Å². The van der Waals surface area contributed by atoms with Crippen molar-refractivity contribution in [1.29, 1.82) is 0 Å². The predicted octanol–water partition coefficient (Wildman–Crippen LogP) is 4.25. The van der Waals surface area contributed by atoms with Crippen molar-refractivity contribution in [1.82, 2.24) is 10.3 Å². The minimum atomic E-state index is 0.559. The summed E-state index contributed by atoms with van der Waals surface area (Å²) in [5, 5.41) is 5.02. The number of benzene rings is 2. The summed E-state index contributed by atoms with van der Waals surface area (Å²) in [6.45, 7) is 5.40. The molecular formula is C26H35N5. The molecule has 1 aromatic heterocycles. The fraction of sp³-hybridized carbons (Fsp3) is 0.462. The number of rotatable bonds is 6.